The van der Waals surface area contributed by atoms with Gasteiger partial charge in [0, 0.05) is 5.57 Å². The Balaban J connectivity index is 1.59. The zero-order valence-electron chi connectivity index (χ0n) is 16.8. The largest absolute Gasteiger partial charge is 0.492 e. The predicted octanol–water partition coefficient (Wildman–Crippen LogP) is 5.37. The minimum atomic E-state index is -0.109. The van der Waals surface area contributed by atoms with Crippen molar-refractivity contribution >= 4 is 17.6 Å². The first-order valence-corrected chi connectivity index (χ1v) is 10.1. The molecule has 1 amide bonds. The zero-order valence-corrected chi connectivity index (χ0v) is 16.8. The van der Waals surface area contributed by atoms with Crippen molar-refractivity contribution in [3.63, 3.8) is 0 Å². The predicted molar refractivity (Wildman–Crippen MR) is 120 cm³/mol. The molecule has 0 heterocycles. The number of aryl methyl sites for hydroxylation is 1. The van der Waals surface area contributed by atoms with Crippen LogP contribution >= 0.6 is 0 Å². The van der Waals surface area contributed by atoms with Gasteiger partial charge in [-0.2, -0.15) is 0 Å². The van der Waals surface area contributed by atoms with Gasteiger partial charge in [-0.1, -0.05) is 86.1 Å². The fraction of sp³-hybridized carbons (Fsp3) is 0.192. The van der Waals surface area contributed by atoms with Gasteiger partial charge in [-0.25, -0.2) is 0 Å². The molecule has 148 valence electrons. The van der Waals surface area contributed by atoms with Crippen LogP contribution in [0.3, 0.4) is 0 Å². The summed E-state index contributed by atoms with van der Waals surface area (Å²) in [5, 5.41) is 2.97. The number of carbonyl (C=O) groups is 1. The molecule has 3 aromatic rings. The second-order valence-corrected chi connectivity index (χ2v) is 6.83. The van der Waals surface area contributed by atoms with E-state index in [4.69, 9.17) is 4.74 Å². The van der Waals surface area contributed by atoms with E-state index in [1.807, 2.05) is 78.9 Å². The lowest BCUT2D eigenvalue weighted by atomic mass is 10.0. The summed E-state index contributed by atoms with van der Waals surface area (Å²) < 4.78 is 5.76. The lowest BCUT2D eigenvalue weighted by molar-refractivity contribution is -0.115. The van der Waals surface area contributed by atoms with Crippen LogP contribution in [0.1, 0.15) is 30.0 Å². The summed E-state index contributed by atoms with van der Waals surface area (Å²) in [6.07, 6.45) is 4.12. The number of ether oxygens (including phenoxy) is 1. The lowest BCUT2D eigenvalue weighted by Gasteiger charge is -2.11. The molecule has 1 N–H and O–H groups in total. The molecule has 0 aliphatic carbocycles. The number of rotatable bonds is 9. The molecule has 0 aliphatic heterocycles. The first-order chi connectivity index (χ1) is 14.3. The van der Waals surface area contributed by atoms with Crippen LogP contribution in [0.5, 0.6) is 5.75 Å². The van der Waals surface area contributed by atoms with E-state index in [1.54, 1.807) is 0 Å². The minimum absolute atomic E-state index is 0.109. The summed E-state index contributed by atoms with van der Waals surface area (Å²) >= 11 is 0. The van der Waals surface area contributed by atoms with Crippen molar-refractivity contribution in [1.29, 1.82) is 0 Å². The Bertz CT molecular complexity index is 916. The molecule has 0 spiro atoms. The van der Waals surface area contributed by atoms with Crippen molar-refractivity contribution in [1.82, 2.24) is 5.32 Å². The van der Waals surface area contributed by atoms with Crippen LogP contribution in [0.2, 0.25) is 0 Å². The highest BCUT2D eigenvalue weighted by molar-refractivity contribution is 6.24. The van der Waals surface area contributed by atoms with E-state index in [9.17, 15) is 4.79 Å². The van der Waals surface area contributed by atoms with Crippen molar-refractivity contribution in [2.75, 3.05) is 13.2 Å². The van der Waals surface area contributed by atoms with Gasteiger partial charge in [0.1, 0.15) is 12.4 Å². The average Bonchev–Trinajstić information content (AvgIpc) is 2.77. The van der Waals surface area contributed by atoms with Crippen LogP contribution in [0.4, 0.5) is 0 Å². The molecule has 0 bridgehead atoms. The number of carbonyl (C=O) groups excluding carboxylic acids is 1. The Hall–Kier alpha value is -3.33. The SMILES string of the molecule is CCCc1ccc(OCCNC(=O)/C(=C/c2ccccc2)c2ccccc2)cc1. The van der Waals surface area contributed by atoms with Crippen molar-refractivity contribution in [2.45, 2.75) is 19.8 Å². The maximum absolute atomic E-state index is 12.8. The molecule has 0 aromatic heterocycles. The molecule has 0 unspecified atom stereocenters. The third kappa shape index (κ3) is 6.35. The van der Waals surface area contributed by atoms with Gasteiger partial charge in [0.05, 0.1) is 6.54 Å². The molecule has 29 heavy (non-hydrogen) atoms. The third-order valence-electron chi connectivity index (χ3n) is 4.56. The third-order valence-corrected chi connectivity index (χ3v) is 4.56. The Kier molecular flexibility index (Phi) is 7.64. The van der Waals surface area contributed by atoms with Gasteiger partial charge in [-0.15, -0.1) is 0 Å². The monoisotopic (exact) mass is 385 g/mol. The number of hydrogen-bond donors (Lipinski definition) is 1. The first kappa shape index (κ1) is 20.4. The van der Waals surface area contributed by atoms with E-state index in [-0.39, 0.29) is 5.91 Å². The molecule has 0 radical (unpaired) electrons. The summed E-state index contributed by atoms with van der Waals surface area (Å²) in [6, 6.07) is 27.7. The average molecular weight is 386 g/mol. The molecule has 3 aromatic carbocycles. The van der Waals surface area contributed by atoms with Crippen molar-refractivity contribution in [3.8, 4) is 5.75 Å². The fourth-order valence-corrected chi connectivity index (χ4v) is 3.08. The summed E-state index contributed by atoms with van der Waals surface area (Å²) in [5.74, 6) is 0.712. The van der Waals surface area contributed by atoms with E-state index in [0.29, 0.717) is 18.7 Å². The Morgan fingerprint density at radius 2 is 1.55 bits per heavy atom. The second kappa shape index (κ2) is 10.9. The highest BCUT2D eigenvalue weighted by Crippen LogP contribution is 2.18. The summed E-state index contributed by atoms with van der Waals surface area (Å²) in [4.78, 5) is 12.8. The van der Waals surface area contributed by atoms with Gasteiger partial charge in [-0.3, -0.25) is 4.79 Å². The molecular formula is C26H27NO2. The number of hydrogen-bond acceptors (Lipinski definition) is 2. The molecule has 3 heteroatoms. The molecule has 0 saturated carbocycles. The first-order valence-electron chi connectivity index (χ1n) is 10.1. The Labute approximate surface area is 173 Å². The molecule has 0 atom stereocenters. The molecule has 0 saturated heterocycles. The van der Waals surface area contributed by atoms with E-state index >= 15 is 0 Å². The molecule has 3 rings (SSSR count). The highest BCUT2D eigenvalue weighted by Gasteiger charge is 2.11. The van der Waals surface area contributed by atoms with Crippen LogP contribution in [0.15, 0.2) is 84.9 Å². The summed E-state index contributed by atoms with van der Waals surface area (Å²) in [5.41, 5.74) is 3.83. The number of nitrogens with one attached hydrogen (secondary N) is 1. The maximum atomic E-state index is 12.8. The van der Waals surface area contributed by atoms with E-state index in [0.717, 1.165) is 29.7 Å². The highest BCUT2D eigenvalue weighted by atomic mass is 16.5. The van der Waals surface area contributed by atoms with Gasteiger partial charge in [0.2, 0.25) is 0 Å². The Morgan fingerprint density at radius 3 is 2.21 bits per heavy atom. The van der Waals surface area contributed by atoms with Crippen LogP contribution in [-0.4, -0.2) is 19.1 Å². The van der Waals surface area contributed by atoms with Gasteiger partial charge >= 0.3 is 0 Å². The minimum Gasteiger partial charge on any atom is -0.492 e. The number of amides is 1. The van der Waals surface area contributed by atoms with Gasteiger partial charge in [0.25, 0.3) is 5.91 Å². The van der Waals surface area contributed by atoms with Crippen molar-refractivity contribution < 1.29 is 9.53 Å². The number of benzene rings is 3. The second-order valence-electron chi connectivity index (χ2n) is 6.83. The standard InChI is InChI=1S/C26H27NO2/c1-2-9-21-14-16-24(17-15-21)29-19-18-27-26(28)25(23-12-7-4-8-13-23)20-22-10-5-3-6-11-22/h3-8,10-17,20H,2,9,18-19H2,1H3,(H,27,28)/b25-20+. The summed E-state index contributed by atoms with van der Waals surface area (Å²) in [7, 11) is 0. The topological polar surface area (TPSA) is 38.3 Å². The van der Waals surface area contributed by atoms with Crippen LogP contribution in [0, 0.1) is 0 Å². The van der Waals surface area contributed by atoms with Gasteiger partial charge in [-0.05, 0) is 41.3 Å². The van der Waals surface area contributed by atoms with E-state index in [2.05, 4.69) is 24.4 Å². The Morgan fingerprint density at radius 1 is 0.897 bits per heavy atom. The lowest BCUT2D eigenvalue weighted by Crippen LogP contribution is -2.28. The summed E-state index contributed by atoms with van der Waals surface area (Å²) in [6.45, 7) is 3.03. The quantitative estimate of drug-likeness (QED) is 0.305. The van der Waals surface area contributed by atoms with Crippen LogP contribution < -0.4 is 10.1 Å². The van der Waals surface area contributed by atoms with E-state index in [1.165, 1.54) is 5.56 Å². The smallest absolute Gasteiger partial charge is 0.252 e. The molecular weight excluding hydrogens is 358 g/mol. The maximum Gasteiger partial charge on any atom is 0.252 e. The fourth-order valence-electron chi connectivity index (χ4n) is 3.08. The van der Waals surface area contributed by atoms with Crippen molar-refractivity contribution in [2.24, 2.45) is 0 Å². The van der Waals surface area contributed by atoms with Gasteiger partial charge in [0.15, 0.2) is 0 Å². The van der Waals surface area contributed by atoms with Crippen LogP contribution in [-0.2, 0) is 11.2 Å². The molecule has 3 nitrogen and oxygen atoms in total. The van der Waals surface area contributed by atoms with Crippen LogP contribution in [0.25, 0.3) is 11.6 Å². The zero-order chi connectivity index (χ0) is 20.3. The van der Waals surface area contributed by atoms with Crippen molar-refractivity contribution in [3.05, 3.63) is 102 Å². The molecule has 0 fully saturated rings. The molecule has 0 aliphatic rings. The van der Waals surface area contributed by atoms with Gasteiger partial charge < -0.3 is 10.1 Å². The van der Waals surface area contributed by atoms with E-state index < -0.39 is 0 Å². The normalized spacial score (nSPS) is 11.1.